The van der Waals surface area contributed by atoms with Gasteiger partial charge in [0.25, 0.3) is 0 Å². The van der Waals surface area contributed by atoms with Gasteiger partial charge in [0.15, 0.2) is 22.8 Å². The average Bonchev–Trinajstić information content (AvgIpc) is 2.96. The molecule has 4 aliphatic rings. The number of carbonyl (C=O) groups excluding carboxylic acids is 3. The van der Waals surface area contributed by atoms with Crippen LogP contribution in [-0.2, 0) is 19.1 Å². The molecule has 3 fully saturated rings. The van der Waals surface area contributed by atoms with Crippen LogP contribution < -0.4 is 0 Å². The van der Waals surface area contributed by atoms with Crippen LogP contribution in [0.15, 0.2) is 23.8 Å². The number of hydrogen-bond donors (Lipinski definition) is 1. The first-order valence-electron chi connectivity index (χ1n) is 11.5. The molecule has 0 bridgehead atoms. The number of esters is 1. The molecule has 32 heavy (non-hydrogen) atoms. The quantitative estimate of drug-likeness (QED) is 0.498. The van der Waals surface area contributed by atoms with Crippen molar-refractivity contribution in [1.82, 2.24) is 0 Å². The van der Waals surface area contributed by atoms with Crippen molar-refractivity contribution in [2.24, 2.45) is 28.6 Å². The maximum absolute atomic E-state index is 17.2. The summed E-state index contributed by atoms with van der Waals surface area (Å²) in [6, 6.07) is 0. The molecule has 3 saturated carbocycles. The van der Waals surface area contributed by atoms with Gasteiger partial charge in [-0.3, -0.25) is 14.4 Å². The van der Waals surface area contributed by atoms with Crippen LogP contribution in [0.4, 0.5) is 4.39 Å². The molecule has 0 amide bonds. The largest absolute Gasteiger partial charge is 0.450 e. The molecule has 4 rings (SSSR count). The third-order valence-electron chi connectivity index (χ3n) is 9.28. The van der Waals surface area contributed by atoms with Crippen molar-refractivity contribution >= 4 is 29.1 Å². The lowest BCUT2D eigenvalue weighted by molar-refractivity contribution is -0.227. The summed E-state index contributed by atoms with van der Waals surface area (Å²) in [5, 5.41) is 11.4. The van der Waals surface area contributed by atoms with Gasteiger partial charge in [0.1, 0.15) is 0 Å². The van der Waals surface area contributed by atoms with Crippen LogP contribution in [0.3, 0.4) is 0 Å². The molecular weight excluding hydrogens is 435 g/mol. The topological polar surface area (TPSA) is 80.7 Å². The third-order valence-corrected chi connectivity index (χ3v) is 9.52. The smallest absolute Gasteiger partial charge is 0.306 e. The maximum Gasteiger partial charge on any atom is 0.306 e. The van der Waals surface area contributed by atoms with E-state index in [1.54, 1.807) is 19.9 Å². The van der Waals surface area contributed by atoms with Crippen LogP contribution in [0, 0.1) is 28.6 Å². The molecule has 7 heteroatoms. The van der Waals surface area contributed by atoms with Crippen LogP contribution in [0.1, 0.15) is 59.8 Å². The van der Waals surface area contributed by atoms with Crippen LogP contribution in [0.25, 0.3) is 0 Å². The number of alkyl halides is 2. The van der Waals surface area contributed by atoms with Gasteiger partial charge in [-0.05, 0) is 50.7 Å². The summed E-state index contributed by atoms with van der Waals surface area (Å²) in [5.74, 6) is -2.57. The number of fused-ring (bicyclic) bond motifs is 5. The number of halogens is 2. The van der Waals surface area contributed by atoms with Crippen molar-refractivity contribution in [1.29, 1.82) is 0 Å². The number of aliphatic hydroxyl groups is 1. The Morgan fingerprint density at radius 1 is 1.31 bits per heavy atom. The lowest BCUT2D eigenvalue weighted by Crippen LogP contribution is -2.70. The molecule has 0 saturated heterocycles. The molecule has 0 aromatic rings. The predicted molar refractivity (Wildman–Crippen MR) is 118 cm³/mol. The van der Waals surface area contributed by atoms with Gasteiger partial charge in [-0.25, -0.2) is 4.39 Å². The zero-order chi connectivity index (χ0) is 23.7. The Bertz CT molecular complexity index is 929. The van der Waals surface area contributed by atoms with E-state index in [1.807, 2.05) is 13.8 Å². The van der Waals surface area contributed by atoms with Gasteiger partial charge in [-0.2, -0.15) is 0 Å². The van der Waals surface area contributed by atoms with E-state index in [-0.39, 0.29) is 42.1 Å². The zero-order valence-electron chi connectivity index (χ0n) is 19.1. The SMILES string of the molecule is CCC(=O)O[C@@]1(C(=O)CCl)C(C)CC2C3CCC4=CC(=O)C=C[C@@]4(C)[C@]3(F)C(O)C[C@]21C. The first-order valence-corrected chi connectivity index (χ1v) is 12.1. The van der Waals surface area contributed by atoms with Gasteiger partial charge >= 0.3 is 5.97 Å². The summed E-state index contributed by atoms with van der Waals surface area (Å²) in [6.07, 6.45) is 4.67. The highest BCUT2D eigenvalue weighted by Crippen LogP contribution is 2.71. The Labute approximate surface area is 193 Å². The van der Waals surface area contributed by atoms with E-state index in [9.17, 15) is 19.5 Å². The Morgan fingerprint density at radius 2 is 2.00 bits per heavy atom. The Balaban J connectivity index is 1.85. The van der Waals surface area contributed by atoms with Crippen molar-refractivity contribution in [3.63, 3.8) is 0 Å². The molecule has 5 nitrogen and oxygen atoms in total. The van der Waals surface area contributed by atoms with E-state index in [0.717, 1.165) is 0 Å². The van der Waals surface area contributed by atoms with Gasteiger partial charge in [0.2, 0.25) is 0 Å². The van der Waals surface area contributed by atoms with Crippen molar-refractivity contribution in [3.05, 3.63) is 23.8 Å². The fourth-order valence-electron chi connectivity index (χ4n) is 7.75. The number of ketones is 2. The molecule has 8 atom stereocenters. The third kappa shape index (κ3) is 2.68. The number of ether oxygens (including phenoxy) is 1. The van der Waals surface area contributed by atoms with E-state index in [2.05, 4.69) is 0 Å². The molecule has 176 valence electrons. The molecule has 0 radical (unpaired) electrons. The van der Waals surface area contributed by atoms with E-state index >= 15 is 4.39 Å². The minimum absolute atomic E-state index is 0.0285. The highest BCUT2D eigenvalue weighted by atomic mass is 35.5. The van der Waals surface area contributed by atoms with E-state index in [4.69, 9.17) is 16.3 Å². The van der Waals surface area contributed by atoms with Gasteiger partial charge < -0.3 is 9.84 Å². The molecule has 0 aromatic heterocycles. The predicted octanol–water partition coefficient (Wildman–Crippen LogP) is 4.10. The summed E-state index contributed by atoms with van der Waals surface area (Å²) in [6.45, 7) is 7.13. The summed E-state index contributed by atoms with van der Waals surface area (Å²) in [7, 11) is 0. The van der Waals surface area contributed by atoms with E-state index < -0.39 is 40.1 Å². The van der Waals surface area contributed by atoms with Crippen LogP contribution in [0.5, 0.6) is 0 Å². The molecule has 4 aliphatic carbocycles. The normalized spacial score (nSPS) is 47.2. The standard InChI is InChI=1S/C25H32ClFO5/c1-5-21(31)32-25(20(30)13-26)14(2)10-18-17-7-6-15-11-16(28)8-9-22(15,3)24(17,27)19(29)12-23(18,25)4/h8-9,11,14,17-19,29H,5-7,10,12-13H2,1-4H3/t14?,17?,18?,19?,22-,23-,24-,25-/m1/s1. The Kier molecular flexibility index (Phi) is 5.53. The summed E-state index contributed by atoms with van der Waals surface area (Å²) in [4.78, 5) is 37.7. The first-order chi connectivity index (χ1) is 14.9. The van der Waals surface area contributed by atoms with E-state index in [1.165, 1.54) is 12.2 Å². The van der Waals surface area contributed by atoms with E-state index in [0.29, 0.717) is 24.8 Å². The number of hydrogen-bond acceptors (Lipinski definition) is 5. The first kappa shape index (κ1) is 23.6. The summed E-state index contributed by atoms with van der Waals surface area (Å²) < 4.78 is 23.1. The number of aliphatic hydroxyl groups excluding tert-OH is 1. The lowest BCUT2D eigenvalue weighted by atomic mass is 9.44. The number of Topliss-reactive ketones (excluding diaryl/α,β-unsaturated/α-hetero) is 1. The fraction of sp³-hybridized carbons (Fsp3) is 0.720. The molecule has 0 heterocycles. The Morgan fingerprint density at radius 3 is 2.62 bits per heavy atom. The number of allylic oxidation sites excluding steroid dienone is 4. The van der Waals surface area contributed by atoms with Crippen molar-refractivity contribution in [2.75, 3.05) is 5.88 Å². The molecule has 1 N–H and O–H groups in total. The number of rotatable bonds is 4. The van der Waals surface area contributed by atoms with Gasteiger partial charge in [-0.1, -0.05) is 32.4 Å². The van der Waals surface area contributed by atoms with Crippen molar-refractivity contribution < 1.29 is 28.6 Å². The van der Waals surface area contributed by atoms with Crippen LogP contribution in [-0.4, -0.2) is 45.9 Å². The minimum atomic E-state index is -1.99. The van der Waals surface area contributed by atoms with Gasteiger partial charge in [-0.15, -0.1) is 11.6 Å². The van der Waals surface area contributed by atoms with Crippen molar-refractivity contribution in [2.45, 2.75) is 77.2 Å². The molecular formula is C25H32ClFO5. The second-order valence-corrected chi connectivity index (χ2v) is 10.8. The number of carbonyl (C=O) groups is 3. The summed E-state index contributed by atoms with van der Waals surface area (Å²) >= 11 is 6.01. The zero-order valence-corrected chi connectivity index (χ0v) is 19.9. The highest BCUT2D eigenvalue weighted by Gasteiger charge is 2.77. The lowest BCUT2D eigenvalue weighted by Gasteiger charge is -2.62. The molecule has 4 unspecified atom stereocenters. The monoisotopic (exact) mass is 466 g/mol. The second-order valence-electron chi connectivity index (χ2n) is 10.5. The molecule has 0 aromatic carbocycles. The highest BCUT2D eigenvalue weighted by molar-refractivity contribution is 6.29. The molecule has 0 aliphatic heterocycles. The second kappa shape index (κ2) is 7.49. The Hall–Kier alpha value is -1.53. The van der Waals surface area contributed by atoms with Gasteiger partial charge in [0, 0.05) is 29.1 Å². The minimum Gasteiger partial charge on any atom is -0.450 e. The summed E-state index contributed by atoms with van der Waals surface area (Å²) in [5.41, 5.74) is -4.83. The van der Waals surface area contributed by atoms with Crippen molar-refractivity contribution in [3.8, 4) is 0 Å². The average molecular weight is 467 g/mol. The fourth-order valence-corrected chi connectivity index (χ4v) is 7.95. The van der Waals surface area contributed by atoms with Crippen LogP contribution in [0.2, 0.25) is 0 Å². The maximum atomic E-state index is 17.2. The molecule has 0 spiro atoms. The van der Waals surface area contributed by atoms with Crippen LogP contribution >= 0.6 is 11.6 Å². The van der Waals surface area contributed by atoms with Gasteiger partial charge in [0.05, 0.1) is 12.0 Å².